The van der Waals surface area contributed by atoms with Crippen LogP contribution in [0.4, 0.5) is 16.0 Å². The molecule has 34 heavy (non-hydrogen) atoms. The number of thioether (sulfide) groups is 1. The monoisotopic (exact) mass is 472 g/mol. The third kappa shape index (κ3) is 4.55. The van der Waals surface area contributed by atoms with Gasteiger partial charge in [0.25, 0.3) is 5.91 Å². The van der Waals surface area contributed by atoms with E-state index in [1.165, 1.54) is 23.9 Å². The molecule has 1 aliphatic rings. The summed E-state index contributed by atoms with van der Waals surface area (Å²) < 4.78 is 15.8. The van der Waals surface area contributed by atoms with Crippen molar-refractivity contribution in [3.8, 4) is 0 Å². The molecule has 9 heteroatoms. The highest BCUT2D eigenvalue weighted by atomic mass is 32.2. The van der Waals surface area contributed by atoms with Gasteiger partial charge in [-0.3, -0.25) is 9.78 Å². The lowest BCUT2D eigenvalue weighted by Crippen LogP contribution is -2.31. The summed E-state index contributed by atoms with van der Waals surface area (Å²) in [6, 6.07) is 19.1. The van der Waals surface area contributed by atoms with E-state index in [0.717, 1.165) is 5.56 Å². The molecule has 2 N–H and O–H groups in total. The van der Waals surface area contributed by atoms with Gasteiger partial charge in [-0.1, -0.05) is 54.2 Å². The van der Waals surface area contributed by atoms with Crippen LogP contribution in [0, 0.1) is 5.82 Å². The third-order valence-corrected chi connectivity index (χ3v) is 6.28. The minimum Gasteiger partial charge on any atom is -0.328 e. The van der Waals surface area contributed by atoms with Crippen LogP contribution < -0.4 is 10.6 Å². The number of benzene rings is 2. The number of nitrogens with one attached hydrogen (secondary N) is 2. The molecule has 7 nitrogen and oxygen atoms in total. The van der Waals surface area contributed by atoms with Crippen molar-refractivity contribution < 1.29 is 9.18 Å². The molecule has 0 bridgehead atoms. The van der Waals surface area contributed by atoms with Gasteiger partial charge >= 0.3 is 0 Å². The van der Waals surface area contributed by atoms with E-state index in [4.69, 9.17) is 0 Å². The molecule has 0 radical (unpaired) electrons. The van der Waals surface area contributed by atoms with Gasteiger partial charge in [0.15, 0.2) is 0 Å². The van der Waals surface area contributed by atoms with Crippen molar-refractivity contribution in [2.45, 2.75) is 23.9 Å². The zero-order valence-electron chi connectivity index (χ0n) is 18.3. The van der Waals surface area contributed by atoms with Crippen LogP contribution in [-0.4, -0.2) is 25.7 Å². The van der Waals surface area contributed by atoms with Crippen LogP contribution in [-0.2, 0) is 10.5 Å². The lowest BCUT2D eigenvalue weighted by atomic mass is 9.95. The molecule has 0 unspecified atom stereocenters. The summed E-state index contributed by atoms with van der Waals surface area (Å²) in [4.78, 5) is 22.1. The van der Waals surface area contributed by atoms with Crippen molar-refractivity contribution in [2.75, 3.05) is 10.6 Å². The van der Waals surface area contributed by atoms with Gasteiger partial charge in [0.05, 0.1) is 17.5 Å². The quantitative estimate of drug-likeness (QED) is 0.383. The van der Waals surface area contributed by atoms with Gasteiger partial charge < -0.3 is 10.6 Å². The van der Waals surface area contributed by atoms with Gasteiger partial charge in [-0.15, -0.1) is 5.10 Å². The average Bonchev–Trinajstić information content (AvgIpc) is 3.25. The smallest absolute Gasteiger partial charge is 0.255 e. The molecule has 0 saturated carbocycles. The van der Waals surface area contributed by atoms with Gasteiger partial charge in [0, 0.05) is 17.6 Å². The van der Waals surface area contributed by atoms with E-state index in [2.05, 4.69) is 25.7 Å². The highest BCUT2D eigenvalue weighted by molar-refractivity contribution is 7.98. The predicted octanol–water partition coefficient (Wildman–Crippen LogP) is 5.03. The number of fused-ring (bicyclic) bond motifs is 1. The number of anilines is 2. The van der Waals surface area contributed by atoms with E-state index in [-0.39, 0.29) is 11.7 Å². The first-order chi connectivity index (χ1) is 16.6. The molecule has 1 aliphatic heterocycles. The third-order valence-electron chi connectivity index (χ3n) is 5.37. The molecule has 0 spiro atoms. The van der Waals surface area contributed by atoms with Gasteiger partial charge in [-0.05, 0) is 42.3 Å². The average molecular weight is 473 g/mol. The molecule has 2 aromatic carbocycles. The maximum atomic E-state index is 14.2. The molecule has 0 saturated heterocycles. The minimum atomic E-state index is -0.651. The fourth-order valence-electron chi connectivity index (χ4n) is 3.83. The molecule has 2 aromatic heterocycles. The lowest BCUT2D eigenvalue weighted by molar-refractivity contribution is -0.113. The van der Waals surface area contributed by atoms with E-state index in [1.54, 1.807) is 48.3 Å². The molecule has 0 aliphatic carbocycles. The second-order valence-electron chi connectivity index (χ2n) is 7.75. The van der Waals surface area contributed by atoms with E-state index in [1.807, 2.05) is 30.3 Å². The second kappa shape index (κ2) is 9.48. The van der Waals surface area contributed by atoms with Crippen LogP contribution in [0.15, 0.2) is 95.6 Å². The Morgan fingerprint density at radius 1 is 1.15 bits per heavy atom. The number of rotatable bonds is 6. The Hall–Kier alpha value is -3.98. The molecule has 4 aromatic rings. The van der Waals surface area contributed by atoms with Crippen LogP contribution in [0.1, 0.15) is 24.1 Å². The van der Waals surface area contributed by atoms with Crippen LogP contribution in [0.5, 0.6) is 0 Å². The Balaban J connectivity index is 1.50. The van der Waals surface area contributed by atoms with E-state index >= 15 is 0 Å². The number of nitrogens with zero attached hydrogens (tertiary/aromatic N) is 4. The largest absolute Gasteiger partial charge is 0.328 e. The van der Waals surface area contributed by atoms with Crippen molar-refractivity contribution in [3.05, 3.63) is 107 Å². The molecule has 5 rings (SSSR count). The lowest BCUT2D eigenvalue weighted by Gasteiger charge is -2.28. The summed E-state index contributed by atoms with van der Waals surface area (Å²) in [6.07, 6.45) is 3.20. The van der Waals surface area contributed by atoms with Crippen molar-refractivity contribution in [3.63, 3.8) is 0 Å². The fourth-order valence-corrected chi connectivity index (χ4v) is 4.61. The summed E-state index contributed by atoms with van der Waals surface area (Å²) >= 11 is 1.50. The number of carbonyl (C=O) groups is 1. The second-order valence-corrected chi connectivity index (χ2v) is 8.70. The molecule has 3 heterocycles. The van der Waals surface area contributed by atoms with Gasteiger partial charge in [-0.25, -0.2) is 9.07 Å². The summed E-state index contributed by atoms with van der Waals surface area (Å²) in [5, 5.41) is 11.3. The maximum absolute atomic E-state index is 14.2. The maximum Gasteiger partial charge on any atom is 0.255 e. The van der Waals surface area contributed by atoms with Crippen LogP contribution in [0.25, 0.3) is 0 Å². The van der Waals surface area contributed by atoms with Gasteiger partial charge in [0.2, 0.25) is 11.1 Å². The Bertz CT molecular complexity index is 1360. The molecular formula is C25H21FN6OS. The van der Waals surface area contributed by atoms with Crippen molar-refractivity contribution >= 4 is 29.3 Å². The normalized spacial score (nSPS) is 14.9. The SMILES string of the molecule is CC1=C(C(=O)Nc2cccnc2)[C@H](c2cccc(F)c2)n2nc(SCc3ccccc3)nc2N1. The molecule has 170 valence electrons. The molecular weight excluding hydrogens is 451 g/mol. The number of pyridine rings is 1. The van der Waals surface area contributed by atoms with Gasteiger partial charge in [-0.2, -0.15) is 4.98 Å². The number of hydrogen-bond acceptors (Lipinski definition) is 6. The predicted molar refractivity (Wildman–Crippen MR) is 130 cm³/mol. The summed E-state index contributed by atoms with van der Waals surface area (Å²) in [5.74, 6) is 0.489. The number of amides is 1. The summed E-state index contributed by atoms with van der Waals surface area (Å²) in [6.45, 7) is 1.80. The Morgan fingerprint density at radius 2 is 2.00 bits per heavy atom. The zero-order chi connectivity index (χ0) is 23.5. The molecule has 0 fully saturated rings. The van der Waals surface area contributed by atoms with E-state index in [0.29, 0.717) is 39.4 Å². The first kappa shape index (κ1) is 21.8. The minimum absolute atomic E-state index is 0.327. The van der Waals surface area contributed by atoms with Crippen molar-refractivity contribution in [1.82, 2.24) is 19.7 Å². The number of aromatic nitrogens is 4. The number of carbonyl (C=O) groups excluding carboxylic acids is 1. The highest BCUT2D eigenvalue weighted by Gasteiger charge is 2.34. The number of allylic oxidation sites excluding steroid dienone is 1. The Labute approximate surface area is 200 Å². The van der Waals surface area contributed by atoms with Crippen molar-refractivity contribution in [1.29, 1.82) is 0 Å². The van der Waals surface area contributed by atoms with Gasteiger partial charge in [0.1, 0.15) is 11.9 Å². The Morgan fingerprint density at radius 3 is 2.76 bits per heavy atom. The topological polar surface area (TPSA) is 84.7 Å². The number of halogens is 1. The first-order valence-electron chi connectivity index (χ1n) is 10.7. The highest BCUT2D eigenvalue weighted by Crippen LogP contribution is 2.37. The zero-order valence-corrected chi connectivity index (χ0v) is 19.1. The molecule has 1 atom stereocenters. The number of hydrogen-bond donors (Lipinski definition) is 2. The standard InChI is InChI=1S/C25H21FN6OS/c1-16-21(23(33)29-20-11-6-12-27-14-20)22(18-9-5-10-19(26)13-18)32-24(28-16)30-25(31-32)34-15-17-7-3-2-4-8-17/h2-14,22H,15H2,1H3,(H,29,33)(H,28,30,31)/t22-/m0/s1. The first-order valence-corrected chi connectivity index (χ1v) is 11.6. The van der Waals surface area contributed by atoms with Crippen LogP contribution >= 0.6 is 11.8 Å². The van der Waals surface area contributed by atoms with Crippen LogP contribution in [0.3, 0.4) is 0 Å². The van der Waals surface area contributed by atoms with Crippen LogP contribution in [0.2, 0.25) is 0 Å². The summed E-state index contributed by atoms with van der Waals surface area (Å²) in [7, 11) is 0. The molecule has 1 amide bonds. The van der Waals surface area contributed by atoms with Crippen molar-refractivity contribution in [2.24, 2.45) is 0 Å². The van der Waals surface area contributed by atoms with E-state index in [9.17, 15) is 9.18 Å². The summed E-state index contributed by atoms with van der Waals surface area (Å²) in [5.41, 5.74) is 3.36. The van der Waals surface area contributed by atoms with E-state index < -0.39 is 6.04 Å². The Kier molecular flexibility index (Phi) is 6.09. The fraction of sp³-hybridized carbons (Fsp3) is 0.120.